The van der Waals surface area contributed by atoms with Crippen molar-refractivity contribution in [1.29, 1.82) is 0 Å². The fourth-order valence-corrected chi connectivity index (χ4v) is 2.44. The molecule has 3 nitrogen and oxygen atoms in total. The summed E-state index contributed by atoms with van der Waals surface area (Å²) in [6.45, 7) is 0.388. The number of benzene rings is 1. The third-order valence-corrected chi connectivity index (χ3v) is 3.33. The maximum Gasteiger partial charge on any atom is 0.234 e. The lowest BCUT2D eigenvalue weighted by Crippen LogP contribution is -2.39. The SMILES string of the molecule is O=C1CCN(c2ccc(F)cc2I)C(=O)C1. The molecule has 0 bridgehead atoms. The highest BCUT2D eigenvalue weighted by Gasteiger charge is 2.26. The number of halogens is 2. The molecule has 0 saturated carbocycles. The smallest absolute Gasteiger partial charge is 0.234 e. The molecule has 1 aliphatic rings. The minimum absolute atomic E-state index is 0.0293. The van der Waals surface area contributed by atoms with E-state index in [1.807, 2.05) is 22.6 Å². The van der Waals surface area contributed by atoms with E-state index < -0.39 is 0 Å². The zero-order chi connectivity index (χ0) is 11.7. The van der Waals surface area contributed by atoms with E-state index >= 15 is 0 Å². The molecule has 1 heterocycles. The molecule has 2 rings (SSSR count). The van der Waals surface area contributed by atoms with Gasteiger partial charge in [0.2, 0.25) is 5.91 Å². The van der Waals surface area contributed by atoms with E-state index in [1.54, 1.807) is 11.0 Å². The minimum atomic E-state index is -0.325. The van der Waals surface area contributed by atoms with Crippen LogP contribution in [0.5, 0.6) is 0 Å². The predicted octanol–water partition coefficient (Wildman–Crippen LogP) is 2.13. The first kappa shape index (κ1) is 11.5. The molecular weight excluding hydrogens is 324 g/mol. The van der Waals surface area contributed by atoms with Gasteiger partial charge in [0.25, 0.3) is 0 Å². The molecule has 0 aliphatic carbocycles. The zero-order valence-corrected chi connectivity index (χ0v) is 10.5. The van der Waals surface area contributed by atoms with Crippen molar-refractivity contribution < 1.29 is 14.0 Å². The molecule has 0 unspecified atom stereocenters. The number of ketones is 1. The van der Waals surface area contributed by atoms with Gasteiger partial charge in [-0.25, -0.2) is 4.39 Å². The molecule has 0 spiro atoms. The van der Waals surface area contributed by atoms with Crippen LogP contribution in [-0.4, -0.2) is 18.2 Å². The molecular formula is C11H9FINO2. The molecule has 0 N–H and O–H groups in total. The lowest BCUT2D eigenvalue weighted by Gasteiger charge is -2.27. The Balaban J connectivity index is 2.30. The summed E-state index contributed by atoms with van der Waals surface area (Å²) >= 11 is 1.98. The lowest BCUT2D eigenvalue weighted by molar-refractivity contribution is -0.128. The summed E-state index contributed by atoms with van der Waals surface area (Å²) in [5.74, 6) is -0.562. The molecule has 16 heavy (non-hydrogen) atoms. The van der Waals surface area contributed by atoms with Gasteiger partial charge < -0.3 is 4.90 Å². The number of carbonyl (C=O) groups is 2. The quantitative estimate of drug-likeness (QED) is 0.583. The maximum atomic E-state index is 12.9. The van der Waals surface area contributed by atoms with Crippen molar-refractivity contribution in [3.63, 3.8) is 0 Å². The summed E-state index contributed by atoms with van der Waals surface area (Å²) in [6.07, 6.45) is 0.326. The van der Waals surface area contributed by atoms with Crippen molar-refractivity contribution in [3.05, 3.63) is 27.6 Å². The van der Waals surface area contributed by atoms with Gasteiger partial charge >= 0.3 is 0 Å². The number of amides is 1. The van der Waals surface area contributed by atoms with E-state index in [0.717, 1.165) is 0 Å². The van der Waals surface area contributed by atoms with Gasteiger partial charge in [0.1, 0.15) is 11.6 Å². The van der Waals surface area contributed by atoms with E-state index in [9.17, 15) is 14.0 Å². The van der Waals surface area contributed by atoms with E-state index in [0.29, 0.717) is 22.2 Å². The number of Topliss-reactive ketones (excluding diaryl/α,β-unsaturated/α-hetero) is 1. The molecule has 0 atom stereocenters. The van der Waals surface area contributed by atoms with Crippen molar-refractivity contribution in [2.45, 2.75) is 12.8 Å². The topological polar surface area (TPSA) is 37.4 Å². The fraction of sp³-hybridized carbons (Fsp3) is 0.273. The van der Waals surface area contributed by atoms with Gasteiger partial charge in [-0.15, -0.1) is 0 Å². The molecule has 84 valence electrons. The first-order valence-corrected chi connectivity index (χ1v) is 5.93. The standard InChI is InChI=1S/C11H9FINO2/c12-7-1-2-10(9(13)5-7)14-4-3-8(15)6-11(14)16/h1-2,5H,3-4,6H2. The number of hydrogen-bond donors (Lipinski definition) is 0. The number of hydrogen-bond acceptors (Lipinski definition) is 2. The highest BCUT2D eigenvalue weighted by molar-refractivity contribution is 14.1. The summed E-state index contributed by atoms with van der Waals surface area (Å²) < 4.78 is 13.6. The van der Waals surface area contributed by atoms with Crippen LogP contribution < -0.4 is 4.90 Å². The Labute approximate surface area is 106 Å². The Hall–Kier alpha value is -0.980. The van der Waals surface area contributed by atoms with Crippen LogP contribution in [0.1, 0.15) is 12.8 Å². The van der Waals surface area contributed by atoms with Gasteiger partial charge in [-0.2, -0.15) is 0 Å². The summed E-state index contributed by atoms with van der Waals surface area (Å²) in [7, 11) is 0. The normalized spacial score (nSPS) is 16.8. The van der Waals surface area contributed by atoms with E-state index in [1.165, 1.54) is 12.1 Å². The zero-order valence-electron chi connectivity index (χ0n) is 8.37. The molecule has 0 radical (unpaired) electrons. The van der Waals surface area contributed by atoms with Crippen molar-refractivity contribution in [2.24, 2.45) is 0 Å². The second-order valence-electron chi connectivity index (χ2n) is 3.61. The van der Waals surface area contributed by atoms with Crippen molar-refractivity contribution in [1.82, 2.24) is 0 Å². The number of nitrogens with zero attached hydrogens (tertiary/aromatic N) is 1. The maximum absolute atomic E-state index is 12.9. The van der Waals surface area contributed by atoms with Crippen LogP contribution in [0.4, 0.5) is 10.1 Å². The van der Waals surface area contributed by atoms with Gasteiger partial charge in [0, 0.05) is 16.5 Å². The number of carbonyl (C=O) groups excluding carboxylic acids is 2. The minimum Gasteiger partial charge on any atom is -0.311 e. The van der Waals surface area contributed by atoms with Gasteiger partial charge in [0.15, 0.2) is 0 Å². The van der Waals surface area contributed by atoms with Gasteiger partial charge in [0.05, 0.1) is 12.1 Å². The Morgan fingerprint density at radius 3 is 2.69 bits per heavy atom. The van der Waals surface area contributed by atoms with Crippen LogP contribution in [0, 0.1) is 9.39 Å². The van der Waals surface area contributed by atoms with Crippen LogP contribution >= 0.6 is 22.6 Å². The van der Waals surface area contributed by atoms with Crippen LogP contribution in [0.3, 0.4) is 0 Å². The van der Waals surface area contributed by atoms with Crippen LogP contribution in [0.25, 0.3) is 0 Å². The second-order valence-corrected chi connectivity index (χ2v) is 4.77. The first-order valence-electron chi connectivity index (χ1n) is 4.85. The predicted molar refractivity (Wildman–Crippen MR) is 65.7 cm³/mol. The lowest BCUT2D eigenvalue weighted by atomic mass is 10.1. The van der Waals surface area contributed by atoms with E-state index in [4.69, 9.17) is 0 Å². The Morgan fingerprint density at radius 1 is 1.31 bits per heavy atom. The number of piperidine rings is 1. The van der Waals surface area contributed by atoms with Crippen LogP contribution in [0.15, 0.2) is 18.2 Å². The van der Waals surface area contributed by atoms with Gasteiger partial charge in [-0.3, -0.25) is 9.59 Å². The Bertz CT molecular complexity index is 461. The summed E-state index contributed by atoms with van der Waals surface area (Å²) in [6, 6.07) is 4.27. The van der Waals surface area contributed by atoms with E-state index in [2.05, 4.69) is 0 Å². The summed E-state index contributed by atoms with van der Waals surface area (Å²) in [4.78, 5) is 24.3. The van der Waals surface area contributed by atoms with E-state index in [-0.39, 0.29) is 23.9 Å². The number of anilines is 1. The number of rotatable bonds is 1. The summed E-state index contributed by atoms with van der Waals surface area (Å²) in [5.41, 5.74) is 0.680. The van der Waals surface area contributed by atoms with Crippen LogP contribution in [-0.2, 0) is 9.59 Å². The fourth-order valence-electron chi connectivity index (χ4n) is 1.67. The van der Waals surface area contributed by atoms with Crippen molar-refractivity contribution >= 4 is 40.0 Å². The third kappa shape index (κ3) is 2.23. The molecule has 1 fully saturated rings. The van der Waals surface area contributed by atoms with Crippen molar-refractivity contribution in [2.75, 3.05) is 11.4 Å². The molecule has 5 heteroatoms. The van der Waals surface area contributed by atoms with Gasteiger partial charge in [-0.05, 0) is 40.8 Å². The first-order chi connectivity index (χ1) is 7.58. The second kappa shape index (κ2) is 4.48. The summed E-state index contributed by atoms with van der Waals surface area (Å²) in [5, 5.41) is 0. The molecule has 1 saturated heterocycles. The molecule has 1 aromatic carbocycles. The third-order valence-electron chi connectivity index (χ3n) is 2.46. The molecule has 1 aromatic rings. The molecule has 1 aliphatic heterocycles. The Kier molecular flexibility index (Phi) is 3.22. The molecule has 0 aromatic heterocycles. The monoisotopic (exact) mass is 333 g/mol. The average Bonchev–Trinajstić information content (AvgIpc) is 2.19. The highest BCUT2D eigenvalue weighted by atomic mass is 127. The van der Waals surface area contributed by atoms with Gasteiger partial charge in [-0.1, -0.05) is 0 Å². The molecule has 1 amide bonds. The Morgan fingerprint density at radius 2 is 2.06 bits per heavy atom. The average molecular weight is 333 g/mol. The largest absolute Gasteiger partial charge is 0.311 e. The van der Waals surface area contributed by atoms with Crippen molar-refractivity contribution in [3.8, 4) is 0 Å². The highest BCUT2D eigenvalue weighted by Crippen LogP contribution is 2.26. The van der Waals surface area contributed by atoms with Crippen LogP contribution in [0.2, 0.25) is 0 Å².